The van der Waals surface area contributed by atoms with Crippen LogP contribution >= 0.6 is 0 Å². The Morgan fingerprint density at radius 3 is 2.08 bits per heavy atom. The standard InChI is InChI=1S/C18H22O8/c1-10-7-5-6-8-14(10)26-18-17(25-13(4)21)16(24-12(3)20)15(9-22-18)23-11(2)19/h5-8,15-18H,9H2,1-4H3/t15-,16+,17-,18+/m0/s1. The van der Waals surface area contributed by atoms with E-state index in [1.54, 1.807) is 12.1 Å². The fourth-order valence-corrected chi connectivity index (χ4v) is 2.62. The third-order valence-electron chi connectivity index (χ3n) is 3.64. The van der Waals surface area contributed by atoms with E-state index in [4.69, 9.17) is 23.7 Å². The molecule has 0 unspecified atom stereocenters. The van der Waals surface area contributed by atoms with Crippen molar-refractivity contribution in [3.63, 3.8) is 0 Å². The van der Waals surface area contributed by atoms with E-state index in [-0.39, 0.29) is 6.61 Å². The summed E-state index contributed by atoms with van der Waals surface area (Å²) in [6, 6.07) is 7.23. The predicted molar refractivity (Wildman–Crippen MR) is 88.2 cm³/mol. The molecule has 0 radical (unpaired) electrons. The number of rotatable bonds is 5. The highest BCUT2D eigenvalue weighted by molar-refractivity contribution is 5.68. The van der Waals surface area contributed by atoms with Gasteiger partial charge in [-0.3, -0.25) is 14.4 Å². The number of benzene rings is 1. The lowest BCUT2D eigenvalue weighted by Crippen LogP contribution is -2.59. The highest BCUT2D eigenvalue weighted by Crippen LogP contribution is 2.28. The molecule has 1 saturated heterocycles. The van der Waals surface area contributed by atoms with Crippen LogP contribution in [0.4, 0.5) is 0 Å². The van der Waals surface area contributed by atoms with Crippen LogP contribution in [0.3, 0.4) is 0 Å². The van der Waals surface area contributed by atoms with Crippen LogP contribution in [0, 0.1) is 6.92 Å². The Balaban J connectivity index is 2.29. The van der Waals surface area contributed by atoms with E-state index in [1.807, 2.05) is 19.1 Å². The number of hydrogen-bond donors (Lipinski definition) is 0. The van der Waals surface area contributed by atoms with E-state index >= 15 is 0 Å². The topological polar surface area (TPSA) is 97.4 Å². The Morgan fingerprint density at radius 2 is 1.50 bits per heavy atom. The second-order valence-corrected chi connectivity index (χ2v) is 5.88. The summed E-state index contributed by atoms with van der Waals surface area (Å²) >= 11 is 0. The first-order valence-corrected chi connectivity index (χ1v) is 8.13. The Kier molecular flexibility index (Phi) is 6.57. The summed E-state index contributed by atoms with van der Waals surface area (Å²) in [4.78, 5) is 34.4. The van der Waals surface area contributed by atoms with Crippen molar-refractivity contribution in [1.82, 2.24) is 0 Å². The Bertz CT molecular complexity index is 671. The van der Waals surface area contributed by atoms with Crippen LogP contribution < -0.4 is 4.74 Å². The highest BCUT2D eigenvalue weighted by Gasteiger charge is 2.48. The van der Waals surface area contributed by atoms with Gasteiger partial charge in [0.05, 0.1) is 6.61 Å². The smallest absolute Gasteiger partial charge is 0.303 e. The number of esters is 3. The summed E-state index contributed by atoms with van der Waals surface area (Å²) in [6.07, 6.45) is -4.11. The number of hydrogen-bond acceptors (Lipinski definition) is 8. The Morgan fingerprint density at radius 1 is 0.923 bits per heavy atom. The minimum absolute atomic E-state index is 0.0775. The Hall–Kier alpha value is -2.61. The first-order chi connectivity index (χ1) is 12.3. The fraction of sp³-hybridized carbons (Fsp3) is 0.500. The quantitative estimate of drug-likeness (QED) is 0.572. The molecule has 142 valence electrons. The van der Waals surface area contributed by atoms with Crippen LogP contribution in [-0.4, -0.2) is 49.1 Å². The molecule has 1 aromatic carbocycles. The average molecular weight is 366 g/mol. The zero-order valence-electron chi connectivity index (χ0n) is 15.1. The van der Waals surface area contributed by atoms with Gasteiger partial charge in [-0.2, -0.15) is 0 Å². The van der Waals surface area contributed by atoms with Gasteiger partial charge in [0, 0.05) is 20.8 Å². The molecule has 0 N–H and O–H groups in total. The summed E-state index contributed by atoms with van der Waals surface area (Å²) < 4.78 is 27.1. The van der Waals surface area contributed by atoms with Crippen LogP contribution in [0.5, 0.6) is 5.75 Å². The van der Waals surface area contributed by atoms with Crippen molar-refractivity contribution in [3.8, 4) is 5.75 Å². The predicted octanol–water partition coefficient (Wildman–Crippen LogP) is 1.53. The van der Waals surface area contributed by atoms with Gasteiger partial charge in [0.25, 0.3) is 0 Å². The van der Waals surface area contributed by atoms with Crippen LogP contribution in [0.1, 0.15) is 26.3 Å². The zero-order chi connectivity index (χ0) is 19.3. The molecule has 2 rings (SSSR count). The molecule has 0 saturated carbocycles. The van der Waals surface area contributed by atoms with Gasteiger partial charge in [0.1, 0.15) is 5.75 Å². The van der Waals surface area contributed by atoms with Crippen molar-refractivity contribution in [2.75, 3.05) is 6.61 Å². The molecule has 1 aliphatic rings. The summed E-state index contributed by atoms with van der Waals surface area (Å²) in [6.45, 7) is 5.42. The maximum atomic E-state index is 11.6. The summed E-state index contributed by atoms with van der Waals surface area (Å²) in [5, 5.41) is 0. The van der Waals surface area contributed by atoms with Gasteiger partial charge < -0.3 is 23.7 Å². The van der Waals surface area contributed by atoms with Gasteiger partial charge in [-0.25, -0.2) is 0 Å². The molecule has 8 nitrogen and oxygen atoms in total. The monoisotopic (exact) mass is 366 g/mol. The second kappa shape index (κ2) is 8.66. The van der Waals surface area contributed by atoms with Crippen molar-refractivity contribution < 1.29 is 38.1 Å². The molecule has 0 aromatic heterocycles. The number of carbonyl (C=O) groups excluding carboxylic acids is 3. The summed E-state index contributed by atoms with van der Waals surface area (Å²) in [5.74, 6) is -1.27. The minimum Gasteiger partial charge on any atom is -0.460 e. The van der Waals surface area contributed by atoms with Crippen LogP contribution in [0.25, 0.3) is 0 Å². The number of ether oxygens (including phenoxy) is 5. The largest absolute Gasteiger partial charge is 0.460 e. The number of para-hydroxylation sites is 1. The van der Waals surface area contributed by atoms with E-state index in [1.165, 1.54) is 20.8 Å². The van der Waals surface area contributed by atoms with E-state index in [0.717, 1.165) is 5.56 Å². The molecule has 1 heterocycles. The highest BCUT2D eigenvalue weighted by atomic mass is 16.7. The zero-order valence-corrected chi connectivity index (χ0v) is 15.1. The van der Waals surface area contributed by atoms with Gasteiger partial charge in [0.15, 0.2) is 12.2 Å². The van der Waals surface area contributed by atoms with E-state index in [0.29, 0.717) is 5.75 Å². The van der Waals surface area contributed by atoms with Crippen molar-refractivity contribution in [2.45, 2.75) is 52.3 Å². The third kappa shape index (κ3) is 5.19. The second-order valence-electron chi connectivity index (χ2n) is 5.88. The SMILES string of the molecule is CC(=O)O[C@@H]1[C@@H](Oc2ccccc2C)OC[C@H](OC(C)=O)[C@H]1OC(C)=O. The molecule has 0 amide bonds. The van der Waals surface area contributed by atoms with E-state index in [9.17, 15) is 14.4 Å². The molecule has 1 fully saturated rings. The lowest BCUT2D eigenvalue weighted by atomic mass is 10.0. The first-order valence-electron chi connectivity index (χ1n) is 8.13. The van der Waals surface area contributed by atoms with Crippen molar-refractivity contribution >= 4 is 17.9 Å². The van der Waals surface area contributed by atoms with E-state index in [2.05, 4.69) is 0 Å². The fourth-order valence-electron chi connectivity index (χ4n) is 2.62. The third-order valence-corrected chi connectivity index (χ3v) is 3.64. The maximum absolute atomic E-state index is 11.6. The Labute approximate surface area is 151 Å². The van der Waals surface area contributed by atoms with Crippen LogP contribution in [-0.2, 0) is 33.3 Å². The molecule has 4 atom stereocenters. The van der Waals surface area contributed by atoms with Crippen LogP contribution in [0.15, 0.2) is 24.3 Å². The molecule has 1 aromatic rings. The van der Waals surface area contributed by atoms with Crippen molar-refractivity contribution in [1.29, 1.82) is 0 Å². The molecular formula is C18H22O8. The maximum Gasteiger partial charge on any atom is 0.303 e. The lowest BCUT2D eigenvalue weighted by molar-refractivity contribution is -0.259. The molecule has 0 bridgehead atoms. The molecular weight excluding hydrogens is 344 g/mol. The first kappa shape index (κ1) is 19.7. The van der Waals surface area contributed by atoms with E-state index < -0.39 is 42.5 Å². The van der Waals surface area contributed by atoms with Gasteiger partial charge in [-0.15, -0.1) is 0 Å². The van der Waals surface area contributed by atoms with Crippen molar-refractivity contribution in [2.24, 2.45) is 0 Å². The molecule has 0 spiro atoms. The van der Waals surface area contributed by atoms with Gasteiger partial charge in [0.2, 0.25) is 12.4 Å². The number of carbonyl (C=O) groups is 3. The van der Waals surface area contributed by atoms with Gasteiger partial charge in [-0.05, 0) is 18.6 Å². The van der Waals surface area contributed by atoms with Crippen LogP contribution in [0.2, 0.25) is 0 Å². The molecule has 0 aliphatic carbocycles. The number of aryl methyl sites for hydroxylation is 1. The summed E-state index contributed by atoms with van der Waals surface area (Å²) in [7, 11) is 0. The van der Waals surface area contributed by atoms with Gasteiger partial charge in [-0.1, -0.05) is 18.2 Å². The normalized spacial score (nSPS) is 25.1. The molecule has 8 heteroatoms. The minimum atomic E-state index is -1.10. The molecule has 1 aliphatic heterocycles. The van der Waals surface area contributed by atoms with Crippen molar-refractivity contribution in [3.05, 3.63) is 29.8 Å². The summed E-state index contributed by atoms with van der Waals surface area (Å²) in [5.41, 5.74) is 0.851. The van der Waals surface area contributed by atoms with Gasteiger partial charge >= 0.3 is 17.9 Å². The average Bonchev–Trinajstić information content (AvgIpc) is 2.53. The molecule has 26 heavy (non-hydrogen) atoms. The lowest BCUT2D eigenvalue weighted by Gasteiger charge is -2.40.